The van der Waals surface area contributed by atoms with Crippen LogP contribution < -0.4 is 5.73 Å². The van der Waals surface area contributed by atoms with Gasteiger partial charge in [0.1, 0.15) is 0 Å². The van der Waals surface area contributed by atoms with Crippen molar-refractivity contribution >= 4 is 11.8 Å². The van der Waals surface area contributed by atoms with Gasteiger partial charge in [-0.2, -0.15) is 0 Å². The van der Waals surface area contributed by atoms with Gasteiger partial charge < -0.3 is 5.73 Å². The number of nitrogens with two attached hydrogens (primary N) is 1. The Bertz CT molecular complexity index is 451. The number of aryl methyl sites for hydroxylation is 1. The molecule has 0 radical (unpaired) electrons. The molecule has 0 amide bonds. The SMILES string of the molecule is CC.CC.Cc1ccc(SC(CN)c2ccccc2)cc1. The van der Waals surface area contributed by atoms with E-state index in [1.54, 1.807) is 0 Å². The predicted molar refractivity (Wildman–Crippen MR) is 98.0 cm³/mol. The molecule has 0 aromatic heterocycles. The summed E-state index contributed by atoms with van der Waals surface area (Å²) in [5, 5.41) is 0.332. The Morgan fingerprint density at radius 3 is 1.86 bits per heavy atom. The van der Waals surface area contributed by atoms with Crippen molar-refractivity contribution in [2.24, 2.45) is 5.73 Å². The summed E-state index contributed by atoms with van der Waals surface area (Å²) in [6.07, 6.45) is 0. The number of hydrogen-bond acceptors (Lipinski definition) is 2. The van der Waals surface area contributed by atoms with E-state index in [9.17, 15) is 0 Å². The van der Waals surface area contributed by atoms with Crippen LogP contribution in [-0.2, 0) is 0 Å². The van der Waals surface area contributed by atoms with Crippen LogP contribution in [0.5, 0.6) is 0 Å². The zero-order valence-electron chi connectivity index (χ0n) is 14.0. The molecule has 1 nitrogen and oxygen atoms in total. The largest absolute Gasteiger partial charge is 0.329 e. The molecule has 0 aliphatic heterocycles. The smallest absolute Gasteiger partial charge is 0.0466 e. The van der Waals surface area contributed by atoms with Crippen molar-refractivity contribution in [2.45, 2.75) is 44.8 Å². The van der Waals surface area contributed by atoms with Crippen molar-refractivity contribution in [1.29, 1.82) is 0 Å². The summed E-state index contributed by atoms with van der Waals surface area (Å²) in [7, 11) is 0. The molecule has 0 spiro atoms. The van der Waals surface area contributed by atoms with Crippen molar-refractivity contribution in [3.63, 3.8) is 0 Å². The van der Waals surface area contributed by atoms with Gasteiger partial charge >= 0.3 is 0 Å². The van der Waals surface area contributed by atoms with Crippen LogP contribution in [0.25, 0.3) is 0 Å². The summed E-state index contributed by atoms with van der Waals surface area (Å²) in [5.74, 6) is 0. The van der Waals surface area contributed by atoms with E-state index in [1.165, 1.54) is 16.0 Å². The fraction of sp³-hybridized carbons (Fsp3) is 0.368. The van der Waals surface area contributed by atoms with Crippen LogP contribution in [0.1, 0.15) is 44.1 Å². The summed E-state index contributed by atoms with van der Waals surface area (Å²) < 4.78 is 0. The van der Waals surface area contributed by atoms with E-state index in [0.29, 0.717) is 11.8 Å². The van der Waals surface area contributed by atoms with Crippen molar-refractivity contribution in [1.82, 2.24) is 0 Å². The Kier molecular flexibility index (Phi) is 11.7. The molecular weight excluding hydrogens is 274 g/mol. The lowest BCUT2D eigenvalue weighted by Crippen LogP contribution is -2.09. The van der Waals surface area contributed by atoms with E-state index in [0.717, 1.165) is 0 Å². The van der Waals surface area contributed by atoms with Gasteiger partial charge in [-0.05, 0) is 24.6 Å². The van der Waals surface area contributed by atoms with Crippen LogP contribution in [0.2, 0.25) is 0 Å². The molecule has 0 heterocycles. The molecule has 116 valence electrons. The third kappa shape index (κ3) is 7.35. The zero-order valence-corrected chi connectivity index (χ0v) is 14.8. The molecule has 0 bridgehead atoms. The lowest BCUT2D eigenvalue weighted by Gasteiger charge is -2.14. The molecule has 0 fully saturated rings. The van der Waals surface area contributed by atoms with Crippen molar-refractivity contribution < 1.29 is 0 Å². The highest BCUT2D eigenvalue weighted by molar-refractivity contribution is 7.99. The number of thioether (sulfide) groups is 1. The highest BCUT2D eigenvalue weighted by atomic mass is 32.2. The van der Waals surface area contributed by atoms with Gasteiger partial charge in [0.05, 0.1) is 0 Å². The van der Waals surface area contributed by atoms with Gasteiger partial charge in [0.25, 0.3) is 0 Å². The standard InChI is InChI=1S/C15H17NS.2C2H6/c1-12-7-9-14(10-8-12)17-15(11-16)13-5-3-2-4-6-13;2*1-2/h2-10,15H,11,16H2,1H3;2*1-2H3. The first-order chi connectivity index (χ1) is 10.3. The fourth-order valence-corrected chi connectivity index (χ4v) is 2.71. The van der Waals surface area contributed by atoms with E-state index in [4.69, 9.17) is 5.73 Å². The molecule has 0 saturated carbocycles. The highest BCUT2D eigenvalue weighted by Gasteiger charge is 2.10. The van der Waals surface area contributed by atoms with E-state index in [-0.39, 0.29) is 0 Å². The van der Waals surface area contributed by atoms with Gasteiger partial charge in [-0.15, -0.1) is 11.8 Å². The van der Waals surface area contributed by atoms with E-state index in [1.807, 2.05) is 45.5 Å². The minimum atomic E-state index is 0.332. The summed E-state index contributed by atoms with van der Waals surface area (Å²) in [6, 6.07) is 19.0. The lowest BCUT2D eigenvalue weighted by molar-refractivity contribution is 0.941. The van der Waals surface area contributed by atoms with E-state index < -0.39 is 0 Å². The van der Waals surface area contributed by atoms with E-state index >= 15 is 0 Å². The monoisotopic (exact) mass is 303 g/mol. The van der Waals surface area contributed by atoms with Gasteiger partial charge in [0.2, 0.25) is 0 Å². The molecule has 2 rings (SSSR count). The maximum atomic E-state index is 5.86. The molecule has 0 aliphatic carbocycles. The van der Waals surface area contributed by atoms with Gasteiger partial charge in [-0.3, -0.25) is 0 Å². The van der Waals surface area contributed by atoms with Crippen LogP contribution in [0.3, 0.4) is 0 Å². The summed E-state index contributed by atoms with van der Waals surface area (Å²) in [5.41, 5.74) is 8.44. The Hall–Kier alpha value is -1.25. The quantitative estimate of drug-likeness (QED) is 0.718. The molecule has 0 aliphatic rings. The summed E-state index contributed by atoms with van der Waals surface area (Å²) in [6.45, 7) is 10.8. The Morgan fingerprint density at radius 1 is 0.857 bits per heavy atom. The average molecular weight is 304 g/mol. The van der Waals surface area contributed by atoms with Crippen LogP contribution in [-0.4, -0.2) is 6.54 Å². The summed E-state index contributed by atoms with van der Waals surface area (Å²) >= 11 is 1.83. The molecular formula is C19H29NS. The van der Waals surface area contributed by atoms with E-state index in [2.05, 4.69) is 55.5 Å². The number of benzene rings is 2. The first-order valence-electron chi connectivity index (χ1n) is 7.78. The second-order valence-corrected chi connectivity index (χ2v) is 5.34. The predicted octanol–water partition coefficient (Wildman–Crippen LogP) is 5.84. The number of rotatable bonds is 4. The van der Waals surface area contributed by atoms with Gasteiger partial charge in [0, 0.05) is 16.7 Å². The molecule has 2 N–H and O–H groups in total. The van der Waals surface area contributed by atoms with Gasteiger partial charge in [0.15, 0.2) is 0 Å². The Labute approximate surface area is 135 Å². The van der Waals surface area contributed by atoms with Crippen LogP contribution >= 0.6 is 11.8 Å². The van der Waals surface area contributed by atoms with Gasteiger partial charge in [-0.1, -0.05) is 75.7 Å². The Morgan fingerprint density at radius 2 is 1.38 bits per heavy atom. The maximum Gasteiger partial charge on any atom is 0.0466 e. The molecule has 1 atom stereocenters. The molecule has 0 saturated heterocycles. The fourth-order valence-electron chi connectivity index (χ4n) is 1.70. The average Bonchev–Trinajstić information content (AvgIpc) is 2.59. The van der Waals surface area contributed by atoms with Crippen LogP contribution in [0, 0.1) is 6.92 Å². The lowest BCUT2D eigenvalue weighted by atomic mass is 10.1. The minimum Gasteiger partial charge on any atom is -0.329 e. The molecule has 2 heteroatoms. The third-order valence-corrected chi connectivity index (χ3v) is 3.98. The maximum absolute atomic E-state index is 5.86. The highest BCUT2D eigenvalue weighted by Crippen LogP contribution is 2.34. The molecule has 1 unspecified atom stereocenters. The normalized spacial score (nSPS) is 10.6. The molecule has 21 heavy (non-hydrogen) atoms. The van der Waals surface area contributed by atoms with Crippen molar-refractivity contribution in [2.75, 3.05) is 6.54 Å². The second-order valence-electron chi connectivity index (χ2n) is 4.07. The summed E-state index contributed by atoms with van der Waals surface area (Å²) in [4.78, 5) is 1.27. The zero-order chi connectivity index (χ0) is 16.1. The number of hydrogen-bond donors (Lipinski definition) is 1. The molecule has 2 aromatic carbocycles. The second kappa shape index (κ2) is 12.5. The Balaban J connectivity index is 0.000000921. The van der Waals surface area contributed by atoms with Crippen molar-refractivity contribution in [3.05, 3.63) is 65.7 Å². The first-order valence-corrected chi connectivity index (χ1v) is 8.66. The van der Waals surface area contributed by atoms with Gasteiger partial charge in [-0.25, -0.2) is 0 Å². The first kappa shape index (κ1) is 19.8. The molecule has 2 aromatic rings. The minimum absolute atomic E-state index is 0.332. The van der Waals surface area contributed by atoms with Crippen LogP contribution in [0.15, 0.2) is 59.5 Å². The topological polar surface area (TPSA) is 26.0 Å². The van der Waals surface area contributed by atoms with Crippen molar-refractivity contribution in [3.8, 4) is 0 Å². The third-order valence-electron chi connectivity index (χ3n) is 2.68. The van der Waals surface area contributed by atoms with Crippen LogP contribution in [0.4, 0.5) is 0 Å².